The topological polar surface area (TPSA) is 107 Å². The number of hydrogen-bond donors (Lipinski definition) is 4. The highest BCUT2D eigenvalue weighted by atomic mass is 35.5. The minimum Gasteiger partial charge on any atom is -0.480 e. The Balaban J connectivity index is 0.00000392. The molecule has 1 aliphatic carbocycles. The lowest BCUT2D eigenvalue weighted by Crippen LogP contribution is -2.59. The lowest BCUT2D eigenvalue weighted by molar-refractivity contribution is -0.148. The number of carbonyl (C=O) groups is 1. The van der Waals surface area contributed by atoms with Crippen molar-refractivity contribution in [1.29, 1.82) is 0 Å². The monoisotopic (exact) mass is 488 g/mol. The van der Waals surface area contributed by atoms with E-state index in [-0.39, 0.29) is 43.0 Å². The summed E-state index contributed by atoms with van der Waals surface area (Å²) in [5, 5.41) is 28.9. The SMILES string of the molecule is CN(Cc1ccc(Cl)c(Cl)c1)C[C@@H]1CC[C@@H](CCB(O)O)C[C@]1(N)C(=O)O.Cl.Cl. The molecule has 0 aliphatic heterocycles. The van der Waals surface area contributed by atoms with Crippen LogP contribution in [-0.2, 0) is 11.3 Å². The van der Waals surface area contributed by atoms with Crippen molar-refractivity contribution in [3.8, 4) is 0 Å². The average Bonchev–Trinajstić information content (AvgIpc) is 2.58. The van der Waals surface area contributed by atoms with E-state index in [0.717, 1.165) is 12.0 Å². The molecule has 0 spiro atoms. The molecular formula is C18H29BCl4N2O4. The van der Waals surface area contributed by atoms with Gasteiger partial charge in [-0.25, -0.2) is 0 Å². The predicted molar refractivity (Wildman–Crippen MR) is 122 cm³/mol. The summed E-state index contributed by atoms with van der Waals surface area (Å²) in [7, 11) is 0.566. The van der Waals surface area contributed by atoms with Crippen LogP contribution in [0, 0.1) is 11.8 Å². The van der Waals surface area contributed by atoms with Crippen molar-refractivity contribution in [2.75, 3.05) is 13.6 Å². The largest absolute Gasteiger partial charge is 0.480 e. The van der Waals surface area contributed by atoms with Crippen LogP contribution in [0.1, 0.15) is 31.2 Å². The van der Waals surface area contributed by atoms with Crippen molar-refractivity contribution in [2.45, 2.75) is 44.1 Å². The molecule has 1 aliphatic rings. The average molecular weight is 490 g/mol. The molecule has 0 aromatic heterocycles. The van der Waals surface area contributed by atoms with E-state index < -0.39 is 18.6 Å². The highest BCUT2D eigenvalue weighted by molar-refractivity contribution is 6.42. The molecule has 1 aromatic carbocycles. The third kappa shape index (κ3) is 8.07. The second-order valence-electron chi connectivity index (χ2n) is 7.69. The third-order valence-electron chi connectivity index (χ3n) is 5.48. The maximum atomic E-state index is 11.9. The summed E-state index contributed by atoms with van der Waals surface area (Å²) in [6, 6.07) is 5.46. The predicted octanol–water partition coefficient (Wildman–Crippen LogP) is 3.33. The Morgan fingerprint density at radius 3 is 2.48 bits per heavy atom. The maximum Gasteiger partial charge on any atom is 0.451 e. The Kier molecular flexibility index (Phi) is 12.5. The minimum atomic E-state index is -1.36. The number of nitrogens with zero attached hydrogens (tertiary/aromatic N) is 1. The smallest absolute Gasteiger partial charge is 0.451 e. The van der Waals surface area contributed by atoms with Crippen molar-refractivity contribution in [1.82, 2.24) is 4.90 Å². The summed E-state index contributed by atoms with van der Waals surface area (Å²) < 4.78 is 0. The van der Waals surface area contributed by atoms with Crippen LogP contribution in [0.15, 0.2) is 18.2 Å². The molecule has 6 nitrogen and oxygen atoms in total. The first-order valence-electron chi connectivity index (χ1n) is 9.12. The molecule has 5 N–H and O–H groups in total. The number of carboxylic acid groups (broad SMARTS) is 1. The van der Waals surface area contributed by atoms with Crippen LogP contribution in [0.5, 0.6) is 0 Å². The van der Waals surface area contributed by atoms with Gasteiger partial charge in [0, 0.05) is 19.0 Å². The summed E-state index contributed by atoms with van der Waals surface area (Å²) >= 11 is 12.0. The molecule has 11 heteroatoms. The van der Waals surface area contributed by atoms with Crippen LogP contribution < -0.4 is 5.73 Å². The van der Waals surface area contributed by atoms with Gasteiger partial charge in [-0.2, -0.15) is 0 Å². The van der Waals surface area contributed by atoms with Crippen molar-refractivity contribution >= 4 is 61.1 Å². The summed E-state index contributed by atoms with van der Waals surface area (Å²) in [6.45, 7) is 1.17. The number of benzene rings is 1. The first-order chi connectivity index (χ1) is 12.6. The number of rotatable bonds is 8. The second kappa shape index (κ2) is 12.6. The maximum absolute atomic E-state index is 11.9. The van der Waals surface area contributed by atoms with Crippen LogP contribution in [0.2, 0.25) is 16.4 Å². The van der Waals surface area contributed by atoms with Crippen molar-refractivity contribution in [3.05, 3.63) is 33.8 Å². The molecule has 0 unspecified atom stereocenters. The Morgan fingerprint density at radius 2 is 1.93 bits per heavy atom. The summed E-state index contributed by atoms with van der Waals surface area (Å²) in [5.74, 6) is -1.09. The van der Waals surface area contributed by atoms with Crippen LogP contribution >= 0.6 is 48.0 Å². The van der Waals surface area contributed by atoms with E-state index in [1.54, 1.807) is 6.07 Å². The van der Waals surface area contributed by atoms with E-state index in [4.69, 9.17) is 39.0 Å². The molecule has 0 heterocycles. The normalized spacial score (nSPS) is 23.8. The van der Waals surface area contributed by atoms with Gasteiger partial charge in [-0.3, -0.25) is 4.79 Å². The van der Waals surface area contributed by atoms with Gasteiger partial charge < -0.3 is 25.8 Å². The summed E-state index contributed by atoms with van der Waals surface area (Å²) in [6.07, 6.45) is 2.68. The molecule has 3 atom stereocenters. The highest BCUT2D eigenvalue weighted by Gasteiger charge is 2.47. The van der Waals surface area contributed by atoms with Crippen LogP contribution in [-0.4, -0.2) is 52.3 Å². The molecular weight excluding hydrogens is 461 g/mol. The quantitative estimate of drug-likeness (QED) is 0.417. The molecule has 0 radical (unpaired) electrons. The van der Waals surface area contributed by atoms with Crippen molar-refractivity contribution in [2.24, 2.45) is 17.6 Å². The molecule has 1 fully saturated rings. The molecule has 1 saturated carbocycles. The molecule has 29 heavy (non-hydrogen) atoms. The lowest BCUT2D eigenvalue weighted by Gasteiger charge is -2.43. The Morgan fingerprint density at radius 1 is 1.28 bits per heavy atom. The number of hydrogen-bond acceptors (Lipinski definition) is 5. The molecule has 0 bridgehead atoms. The fourth-order valence-corrected chi connectivity index (χ4v) is 4.30. The Labute approximate surface area is 194 Å². The van der Waals surface area contributed by atoms with Gasteiger partial charge in [0.2, 0.25) is 0 Å². The van der Waals surface area contributed by atoms with E-state index in [9.17, 15) is 9.90 Å². The van der Waals surface area contributed by atoms with Gasteiger partial charge >= 0.3 is 13.1 Å². The fraction of sp³-hybridized carbons (Fsp3) is 0.611. The fourth-order valence-electron chi connectivity index (χ4n) is 3.98. The minimum absolute atomic E-state index is 0. The second-order valence-corrected chi connectivity index (χ2v) is 8.51. The van der Waals surface area contributed by atoms with Crippen molar-refractivity contribution < 1.29 is 19.9 Å². The zero-order valence-corrected chi connectivity index (χ0v) is 19.4. The van der Waals surface area contributed by atoms with Crippen LogP contribution in [0.3, 0.4) is 0 Å². The number of aliphatic carboxylic acids is 1. The zero-order chi connectivity index (χ0) is 20.2. The number of carboxylic acids is 1. The van der Waals surface area contributed by atoms with Gasteiger partial charge in [0.25, 0.3) is 0 Å². The zero-order valence-electron chi connectivity index (χ0n) is 16.3. The van der Waals surface area contributed by atoms with E-state index in [1.807, 2.05) is 24.1 Å². The molecule has 0 saturated heterocycles. The highest BCUT2D eigenvalue weighted by Crippen LogP contribution is 2.38. The standard InChI is InChI=1S/C18H27BCl2N2O4.2ClH/c1-23(10-13-3-5-15(20)16(21)8-13)11-14-4-2-12(6-7-19(26)27)9-18(14,22)17(24)25;;/h3,5,8,12,14,26-27H,2,4,6-7,9-11,22H2,1H3,(H,24,25);2*1H/t12-,14-,18+;;/m0../s1. The number of nitrogens with two attached hydrogens (primary N) is 1. The van der Waals surface area contributed by atoms with E-state index in [1.165, 1.54) is 0 Å². The summed E-state index contributed by atoms with van der Waals surface area (Å²) in [4.78, 5) is 14.0. The molecule has 0 amide bonds. The van der Waals surface area contributed by atoms with Gasteiger partial charge in [-0.15, -0.1) is 24.8 Å². The Bertz CT molecular complexity index is 671. The summed E-state index contributed by atoms with van der Waals surface area (Å²) in [5.41, 5.74) is 6.02. The molecule has 2 rings (SSSR count). The van der Waals surface area contributed by atoms with Gasteiger partial charge in [-0.1, -0.05) is 35.7 Å². The number of halogens is 4. The molecule has 1 aromatic rings. The van der Waals surface area contributed by atoms with Gasteiger partial charge in [0.05, 0.1) is 10.0 Å². The van der Waals surface area contributed by atoms with E-state index in [0.29, 0.717) is 42.4 Å². The van der Waals surface area contributed by atoms with Gasteiger partial charge in [0.15, 0.2) is 0 Å². The van der Waals surface area contributed by atoms with Gasteiger partial charge in [-0.05, 0) is 56.2 Å². The first-order valence-corrected chi connectivity index (χ1v) is 9.88. The molecule has 166 valence electrons. The van der Waals surface area contributed by atoms with E-state index >= 15 is 0 Å². The van der Waals surface area contributed by atoms with Gasteiger partial charge in [0.1, 0.15) is 5.54 Å². The third-order valence-corrected chi connectivity index (χ3v) is 6.22. The lowest BCUT2D eigenvalue weighted by atomic mass is 9.66. The van der Waals surface area contributed by atoms with Crippen LogP contribution in [0.25, 0.3) is 0 Å². The van der Waals surface area contributed by atoms with E-state index in [2.05, 4.69) is 0 Å². The Hall–Kier alpha value is -0.245. The first kappa shape index (κ1) is 28.8. The van der Waals surface area contributed by atoms with Crippen LogP contribution in [0.4, 0.5) is 0 Å². The van der Waals surface area contributed by atoms with Crippen molar-refractivity contribution in [3.63, 3.8) is 0 Å².